The highest BCUT2D eigenvalue weighted by atomic mass is 19.2. The van der Waals surface area contributed by atoms with E-state index in [2.05, 4.69) is 4.90 Å². The monoisotopic (exact) mass is 225 g/mol. The zero-order valence-electron chi connectivity index (χ0n) is 8.79. The molecule has 2 aliphatic rings. The van der Waals surface area contributed by atoms with Gasteiger partial charge in [0, 0.05) is 29.9 Å². The van der Waals surface area contributed by atoms with Gasteiger partial charge >= 0.3 is 0 Å². The zero-order valence-corrected chi connectivity index (χ0v) is 8.79. The molecule has 1 aliphatic heterocycles. The Morgan fingerprint density at radius 1 is 1.12 bits per heavy atom. The van der Waals surface area contributed by atoms with Gasteiger partial charge in [-0.1, -0.05) is 0 Å². The van der Waals surface area contributed by atoms with Crippen LogP contribution >= 0.6 is 0 Å². The quantitative estimate of drug-likeness (QED) is 0.793. The summed E-state index contributed by atoms with van der Waals surface area (Å²) in [7, 11) is 0. The third kappa shape index (κ3) is 1.48. The second-order valence-corrected chi connectivity index (χ2v) is 4.55. The summed E-state index contributed by atoms with van der Waals surface area (Å²) in [6, 6.07) is 2.80. The van der Waals surface area contributed by atoms with Crippen molar-refractivity contribution in [3.05, 3.63) is 29.3 Å². The van der Waals surface area contributed by atoms with Gasteiger partial charge in [0.25, 0.3) is 0 Å². The van der Waals surface area contributed by atoms with Gasteiger partial charge in [-0.05, 0) is 25.3 Å². The van der Waals surface area contributed by atoms with Crippen molar-refractivity contribution in [3.8, 4) is 0 Å². The third-order valence-corrected chi connectivity index (χ3v) is 3.37. The number of anilines is 1. The van der Waals surface area contributed by atoms with Crippen molar-refractivity contribution >= 4 is 5.69 Å². The van der Waals surface area contributed by atoms with Gasteiger partial charge in [0.2, 0.25) is 0 Å². The molecule has 1 heterocycles. The van der Waals surface area contributed by atoms with Crippen LogP contribution in [0.15, 0.2) is 12.1 Å². The number of aliphatic hydroxyl groups is 1. The fourth-order valence-electron chi connectivity index (χ4n) is 2.37. The average molecular weight is 225 g/mol. The lowest BCUT2D eigenvalue weighted by molar-refractivity contribution is 0.163. The summed E-state index contributed by atoms with van der Waals surface area (Å²) in [6.07, 6.45) is 2.14. The molecule has 0 saturated heterocycles. The van der Waals surface area contributed by atoms with Crippen LogP contribution in [0.2, 0.25) is 0 Å². The van der Waals surface area contributed by atoms with E-state index in [-0.39, 0.29) is 0 Å². The third-order valence-electron chi connectivity index (χ3n) is 3.37. The molecule has 16 heavy (non-hydrogen) atoms. The molecule has 1 saturated carbocycles. The molecule has 1 fully saturated rings. The predicted octanol–water partition coefficient (Wildman–Crippen LogP) is 2.37. The van der Waals surface area contributed by atoms with Crippen LogP contribution in [0.5, 0.6) is 0 Å². The molecule has 0 bridgehead atoms. The summed E-state index contributed by atoms with van der Waals surface area (Å²) in [5, 5.41) is 9.78. The van der Waals surface area contributed by atoms with Gasteiger partial charge in [0.05, 0.1) is 6.10 Å². The molecule has 1 atom stereocenters. The minimum absolute atomic E-state index is 0.455. The van der Waals surface area contributed by atoms with Crippen LogP contribution in [-0.2, 0) is 0 Å². The van der Waals surface area contributed by atoms with Crippen LogP contribution in [0.3, 0.4) is 0 Å². The van der Waals surface area contributed by atoms with Gasteiger partial charge in [-0.2, -0.15) is 0 Å². The van der Waals surface area contributed by atoms with Gasteiger partial charge in [-0.3, -0.25) is 0 Å². The van der Waals surface area contributed by atoms with Crippen LogP contribution in [0.1, 0.15) is 30.9 Å². The van der Waals surface area contributed by atoms with Crippen molar-refractivity contribution in [1.82, 2.24) is 0 Å². The maximum atomic E-state index is 13.2. The van der Waals surface area contributed by atoms with E-state index in [4.69, 9.17) is 0 Å². The molecule has 1 unspecified atom stereocenters. The largest absolute Gasteiger partial charge is 0.388 e. The molecule has 2 nitrogen and oxygen atoms in total. The number of halogens is 2. The first kappa shape index (κ1) is 10.0. The predicted molar refractivity (Wildman–Crippen MR) is 56.3 cm³/mol. The van der Waals surface area contributed by atoms with Crippen LogP contribution in [-0.4, -0.2) is 17.7 Å². The summed E-state index contributed by atoms with van der Waals surface area (Å²) in [5.41, 5.74) is 1.19. The Kier molecular flexibility index (Phi) is 2.14. The highest BCUT2D eigenvalue weighted by molar-refractivity contribution is 5.58. The summed E-state index contributed by atoms with van der Waals surface area (Å²) >= 11 is 0. The lowest BCUT2D eigenvalue weighted by atomic mass is 9.98. The van der Waals surface area contributed by atoms with E-state index >= 15 is 0 Å². The maximum Gasteiger partial charge on any atom is 0.160 e. The standard InChI is InChI=1S/C12H13F2NO/c13-9-5-8-11(6-10(9)14)15(7-1-2-7)4-3-12(8)16/h5-7,12,16H,1-4H2. The number of fused-ring (bicyclic) bond motifs is 1. The number of nitrogens with zero attached hydrogens (tertiary/aromatic N) is 1. The Morgan fingerprint density at radius 3 is 2.50 bits per heavy atom. The molecule has 3 rings (SSSR count). The Bertz CT molecular complexity index is 431. The van der Waals surface area contributed by atoms with Crippen LogP contribution < -0.4 is 4.90 Å². The second kappa shape index (κ2) is 3.42. The van der Waals surface area contributed by atoms with Crippen LogP contribution in [0.4, 0.5) is 14.5 Å². The minimum atomic E-state index is -0.879. The van der Waals surface area contributed by atoms with Crippen molar-refractivity contribution in [2.75, 3.05) is 11.4 Å². The van der Waals surface area contributed by atoms with Crippen molar-refractivity contribution in [2.24, 2.45) is 0 Å². The van der Waals surface area contributed by atoms with E-state index in [1.165, 1.54) is 6.07 Å². The molecule has 1 aliphatic carbocycles. The summed E-state index contributed by atoms with van der Waals surface area (Å²) in [5.74, 6) is -1.71. The zero-order chi connectivity index (χ0) is 11.3. The highest BCUT2D eigenvalue weighted by Gasteiger charge is 2.35. The Hall–Kier alpha value is -1.16. The molecule has 0 radical (unpaired) electrons. The van der Waals surface area contributed by atoms with Crippen molar-refractivity contribution in [2.45, 2.75) is 31.4 Å². The topological polar surface area (TPSA) is 23.5 Å². The van der Waals surface area contributed by atoms with E-state index in [9.17, 15) is 13.9 Å². The van der Waals surface area contributed by atoms with E-state index < -0.39 is 17.7 Å². The molecule has 86 valence electrons. The van der Waals surface area contributed by atoms with Gasteiger partial charge in [-0.15, -0.1) is 0 Å². The number of aliphatic hydroxyl groups excluding tert-OH is 1. The average Bonchev–Trinajstić information content (AvgIpc) is 3.05. The Balaban J connectivity index is 2.08. The second-order valence-electron chi connectivity index (χ2n) is 4.55. The SMILES string of the molecule is OC1CCN(C2CC2)c2cc(F)c(F)cc21. The van der Waals surface area contributed by atoms with Gasteiger partial charge < -0.3 is 10.0 Å². The Morgan fingerprint density at radius 2 is 1.81 bits per heavy atom. The molecule has 0 spiro atoms. The summed E-state index contributed by atoms with van der Waals surface area (Å²) in [6.45, 7) is 0.726. The number of hydrogen-bond acceptors (Lipinski definition) is 2. The van der Waals surface area contributed by atoms with Crippen molar-refractivity contribution in [1.29, 1.82) is 0 Å². The first-order valence-electron chi connectivity index (χ1n) is 5.60. The molecule has 1 aromatic carbocycles. The highest BCUT2D eigenvalue weighted by Crippen LogP contribution is 2.41. The smallest absolute Gasteiger partial charge is 0.160 e. The van der Waals surface area contributed by atoms with E-state index in [0.29, 0.717) is 23.7 Å². The molecule has 0 amide bonds. The van der Waals surface area contributed by atoms with Crippen molar-refractivity contribution in [3.63, 3.8) is 0 Å². The van der Waals surface area contributed by atoms with Crippen LogP contribution in [0, 0.1) is 11.6 Å². The fourth-order valence-corrected chi connectivity index (χ4v) is 2.37. The van der Waals surface area contributed by atoms with E-state index in [0.717, 1.165) is 25.5 Å². The number of rotatable bonds is 1. The van der Waals surface area contributed by atoms with Gasteiger partial charge in [0.15, 0.2) is 11.6 Å². The van der Waals surface area contributed by atoms with Crippen LogP contribution in [0.25, 0.3) is 0 Å². The first-order valence-corrected chi connectivity index (χ1v) is 5.60. The molecule has 4 heteroatoms. The molecule has 1 N–H and O–H groups in total. The summed E-state index contributed by atoms with van der Waals surface area (Å²) in [4.78, 5) is 2.09. The number of benzene rings is 1. The summed E-state index contributed by atoms with van der Waals surface area (Å²) < 4.78 is 26.3. The maximum absolute atomic E-state index is 13.2. The number of hydrogen-bond donors (Lipinski definition) is 1. The molecule has 0 aromatic heterocycles. The van der Waals surface area contributed by atoms with E-state index in [1.54, 1.807) is 0 Å². The van der Waals surface area contributed by atoms with E-state index in [1.807, 2.05) is 0 Å². The first-order chi connectivity index (χ1) is 7.66. The van der Waals surface area contributed by atoms with Gasteiger partial charge in [0.1, 0.15) is 0 Å². The molecular weight excluding hydrogens is 212 g/mol. The van der Waals surface area contributed by atoms with Crippen molar-refractivity contribution < 1.29 is 13.9 Å². The Labute approximate surface area is 92.5 Å². The lowest BCUT2D eigenvalue weighted by Gasteiger charge is -2.34. The molecular formula is C12H13F2NO. The fraction of sp³-hybridized carbons (Fsp3) is 0.500. The minimum Gasteiger partial charge on any atom is -0.388 e. The lowest BCUT2D eigenvalue weighted by Crippen LogP contribution is -2.33. The van der Waals surface area contributed by atoms with Gasteiger partial charge in [-0.25, -0.2) is 8.78 Å². The molecule has 1 aromatic rings. The normalized spacial score (nSPS) is 24.4.